The summed E-state index contributed by atoms with van der Waals surface area (Å²) in [6, 6.07) is 0. The van der Waals surface area contributed by atoms with E-state index in [0.717, 1.165) is 32.6 Å². The second-order valence-corrected chi connectivity index (χ2v) is 3.38. The van der Waals surface area contributed by atoms with Gasteiger partial charge in [-0.1, -0.05) is 0 Å². The fourth-order valence-electron chi connectivity index (χ4n) is 1.64. The third kappa shape index (κ3) is 2.43. The number of rotatable bonds is 3. The zero-order valence-corrected chi connectivity index (χ0v) is 7.16. The lowest BCUT2D eigenvalue weighted by Crippen LogP contribution is -2.29. The monoisotopic (exact) mass is 158 g/mol. The van der Waals surface area contributed by atoms with Gasteiger partial charge in [0, 0.05) is 19.6 Å². The van der Waals surface area contributed by atoms with Crippen LogP contribution in [0.3, 0.4) is 0 Å². The third-order valence-electron chi connectivity index (χ3n) is 2.44. The number of aliphatic hydroxyl groups is 1. The van der Waals surface area contributed by atoms with Gasteiger partial charge in [0.2, 0.25) is 0 Å². The minimum Gasteiger partial charge on any atom is -0.393 e. The Balaban J connectivity index is 2.23. The molecule has 0 bridgehead atoms. The average molecular weight is 158 g/mol. The van der Waals surface area contributed by atoms with Crippen LogP contribution in [-0.4, -0.2) is 42.3 Å². The van der Waals surface area contributed by atoms with Crippen molar-refractivity contribution in [1.29, 1.82) is 0 Å². The van der Waals surface area contributed by atoms with E-state index in [2.05, 4.69) is 4.90 Å². The summed E-state index contributed by atoms with van der Waals surface area (Å²) in [5, 5.41) is 9.28. The van der Waals surface area contributed by atoms with E-state index >= 15 is 0 Å². The van der Waals surface area contributed by atoms with Gasteiger partial charge in [0.25, 0.3) is 0 Å². The number of likely N-dealkylation sites (tertiary alicyclic amines) is 1. The fourth-order valence-corrected chi connectivity index (χ4v) is 1.64. The summed E-state index contributed by atoms with van der Waals surface area (Å²) in [5.41, 5.74) is 5.43. The predicted molar refractivity (Wildman–Crippen MR) is 45.3 cm³/mol. The van der Waals surface area contributed by atoms with Crippen LogP contribution < -0.4 is 5.73 Å². The molecule has 0 aromatic carbocycles. The van der Waals surface area contributed by atoms with Crippen LogP contribution in [0.15, 0.2) is 0 Å². The summed E-state index contributed by atoms with van der Waals surface area (Å²) in [6.07, 6.45) is 0.968. The Bertz CT molecular complexity index is 117. The van der Waals surface area contributed by atoms with E-state index in [1.54, 1.807) is 0 Å². The molecule has 11 heavy (non-hydrogen) atoms. The first-order valence-corrected chi connectivity index (χ1v) is 4.34. The molecular formula is C8H18N2O. The lowest BCUT2D eigenvalue weighted by Gasteiger charge is -2.15. The van der Waals surface area contributed by atoms with Gasteiger partial charge >= 0.3 is 0 Å². The molecular weight excluding hydrogens is 140 g/mol. The van der Waals surface area contributed by atoms with Gasteiger partial charge in [-0.15, -0.1) is 0 Å². The molecule has 0 aromatic rings. The molecule has 1 aliphatic heterocycles. The Morgan fingerprint density at radius 3 is 2.91 bits per heavy atom. The highest BCUT2D eigenvalue weighted by molar-refractivity contribution is 4.78. The molecule has 1 heterocycles. The molecule has 1 rings (SSSR count). The molecule has 0 aromatic heterocycles. The molecule has 0 amide bonds. The van der Waals surface area contributed by atoms with Gasteiger partial charge < -0.3 is 15.7 Å². The molecule has 3 N–H and O–H groups in total. The lowest BCUT2D eigenvalue weighted by atomic mass is 10.0. The standard InChI is InChI=1S/C8H18N2O/c1-7(11)8-2-4-10(6-8)5-3-9/h7-8,11H,2-6,9H2,1H3. The Labute approximate surface area is 68.2 Å². The van der Waals surface area contributed by atoms with E-state index in [1.165, 1.54) is 0 Å². The lowest BCUT2D eigenvalue weighted by molar-refractivity contribution is 0.128. The third-order valence-corrected chi connectivity index (χ3v) is 2.44. The molecule has 3 nitrogen and oxygen atoms in total. The highest BCUT2D eigenvalue weighted by Crippen LogP contribution is 2.18. The minimum atomic E-state index is -0.155. The Kier molecular flexibility index (Phi) is 3.30. The van der Waals surface area contributed by atoms with Gasteiger partial charge in [0.15, 0.2) is 0 Å². The van der Waals surface area contributed by atoms with Crippen molar-refractivity contribution in [2.24, 2.45) is 11.7 Å². The highest BCUT2D eigenvalue weighted by Gasteiger charge is 2.24. The minimum absolute atomic E-state index is 0.155. The molecule has 1 saturated heterocycles. The van der Waals surface area contributed by atoms with Crippen LogP contribution in [0.1, 0.15) is 13.3 Å². The van der Waals surface area contributed by atoms with Gasteiger partial charge in [0.05, 0.1) is 6.10 Å². The zero-order valence-electron chi connectivity index (χ0n) is 7.16. The molecule has 3 heteroatoms. The highest BCUT2D eigenvalue weighted by atomic mass is 16.3. The Morgan fingerprint density at radius 2 is 2.45 bits per heavy atom. The van der Waals surface area contributed by atoms with Crippen molar-refractivity contribution in [3.63, 3.8) is 0 Å². The van der Waals surface area contributed by atoms with Crippen molar-refractivity contribution in [2.75, 3.05) is 26.2 Å². The summed E-state index contributed by atoms with van der Waals surface area (Å²) in [4.78, 5) is 2.32. The molecule has 0 saturated carbocycles. The molecule has 0 radical (unpaired) electrons. The van der Waals surface area contributed by atoms with E-state index in [4.69, 9.17) is 5.73 Å². The second kappa shape index (κ2) is 4.04. The first-order valence-electron chi connectivity index (χ1n) is 4.34. The number of aliphatic hydroxyl groups excluding tert-OH is 1. The number of hydrogen-bond donors (Lipinski definition) is 2. The molecule has 2 unspecified atom stereocenters. The number of nitrogens with two attached hydrogens (primary N) is 1. The Morgan fingerprint density at radius 1 is 1.73 bits per heavy atom. The smallest absolute Gasteiger partial charge is 0.0552 e. The summed E-state index contributed by atoms with van der Waals surface area (Å²) < 4.78 is 0. The van der Waals surface area contributed by atoms with Crippen molar-refractivity contribution in [3.8, 4) is 0 Å². The molecule has 0 spiro atoms. The van der Waals surface area contributed by atoms with Crippen LogP contribution in [0.5, 0.6) is 0 Å². The van der Waals surface area contributed by atoms with E-state index in [-0.39, 0.29) is 6.10 Å². The van der Waals surface area contributed by atoms with Crippen LogP contribution in [-0.2, 0) is 0 Å². The van der Waals surface area contributed by atoms with Crippen molar-refractivity contribution >= 4 is 0 Å². The van der Waals surface area contributed by atoms with Crippen molar-refractivity contribution < 1.29 is 5.11 Å². The first-order chi connectivity index (χ1) is 5.24. The Hall–Kier alpha value is -0.120. The first kappa shape index (κ1) is 8.97. The number of hydrogen-bond acceptors (Lipinski definition) is 3. The molecule has 2 atom stereocenters. The SMILES string of the molecule is CC(O)C1CCN(CCN)C1. The van der Waals surface area contributed by atoms with Crippen LogP contribution in [0.25, 0.3) is 0 Å². The van der Waals surface area contributed by atoms with Crippen molar-refractivity contribution in [1.82, 2.24) is 4.90 Å². The van der Waals surface area contributed by atoms with Crippen molar-refractivity contribution in [3.05, 3.63) is 0 Å². The fraction of sp³-hybridized carbons (Fsp3) is 1.00. The van der Waals surface area contributed by atoms with Crippen molar-refractivity contribution in [2.45, 2.75) is 19.4 Å². The topological polar surface area (TPSA) is 49.5 Å². The van der Waals surface area contributed by atoms with E-state index in [9.17, 15) is 5.11 Å². The van der Waals surface area contributed by atoms with Crippen LogP contribution in [0.4, 0.5) is 0 Å². The quantitative estimate of drug-likeness (QED) is 0.590. The molecule has 0 aliphatic carbocycles. The molecule has 1 fully saturated rings. The number of nitrogens with zero attached hydrogens (tertiary/aromatic N) is 1. The molecule has 1 aliphatic rings. The van der Waals surface area contributed by atoms with Crippen LogP contribution >= 0.6 is 0 Å². The average Bonchev–Trinajstić information content (AvgIpc) is 2.37. The molecule has 66 valence electrons. The van der Waals surface area contributed by atoms with Gasteiger partial charge in [-0.3, -0.25) is 0 Å². The maximum absolute atomic E-state index is 9.28. The van der Waals surface area contributed by atoms with Gasteiger partial charge in [-0.25, -0.2) is 0 Å². The summed E-state index contributed by atoms with van der Waals surface area (Å²) in [7, 11) is 0. The van der Waals surface area contributed by atoms with Crippen LogP contribution in [0, 0.1) is 5.92 Å². The van der Waals surface area contributed by atoms with Gasteiger partial charge in [-0.05, 0) is 25.8 Å². The normalized spacial score (nSPS) is 29.2. The van der Waals surface area contributed by atoms with Gasteiger partial charge in [0.1, 0.15) is 0 Å². The summed E-state index contributed by atoms with van der Waals surface area (Å²) >= 11 is 0. The second-order valence-electron chi connectivity index (χ2n) is 3.38. The van der Waals surface area contributed by atoms with E-state index in [0.29, 0.717) is 5.92 Å². The largest absolute Gasteiger partial charge is 0.393 e. The van der Waals surface area contributed by atoms with E-state index < -0.39 is 0 Å². The van der Waals surface area contributed by atoms with Crippen LogP contribution in [0.2, 0.25) is 0 Å². The maximum atomic E-state index is 9.28. The summed E-state index contributed by atoms with van der Waals surface area (Å²) in [5.74, 6) is 0.474. The maximum Gasteiger partial charge on any atom is 0.0552 e. The summed E-state index contributed by atoms with van der Waals surface area (Å²) in [6.45, 7) is 5.70. The predicted octanol–water partition coefficient (Wildman–Crippen LogP) is -0.352. The zero-order chi connectivity index (χ0) is 8.27. The van der Waals surface area contributed by atoms with Gasteiger partial charge in [-0.2, -0.15) is 0 Å². The van der Waals surface area contributed by atoms with E-state index in [1.807, 2.05) is 6.92 Å².